The van der Waals surface area contributed by atoms with E-state index in [-0.39, 0.29) is 37.1 Å². The Morgan fingerprint density at radius 2 is 2.09 bits per heavy atom. The summed E-state index contributed by atoms with van der Waals surface area (Å²) >= 11 is 8.64. The minimum Gasteiger partial charge on any atom is -0.475 e. The molecule has 2 atom stereocenters. The van der Waals surface area contributed by atoms with Crippen molar-refractivity contribution in [3.8, 4) is 23.1 Å². The zero-order valence-corrected chi connectivity index (χ0v) is 25.8. The zero-order chi connectivity index (χ0) is 31.0. The molecule has 0 aliphatic carbocycles. The quantitative estimate of drug-likeness (QED) is 0.171. The number of hydrogen-bond acceptors (Lipinski definition) is 7. The summed E-state index contributed by atoms with van der Waals surface area (Å²) in [5.41, 5.74) is 3.25. The summed E-state index contributed by atoms with van der Waals surface area (Å²) in [7, 11) is 2.06. The molecule has 2 aliphatic heterocycles. The van der Waals surface area contributed by atoms with Gasteiger partial charge in [0.05, 0.1) is 11.2 Å². The first-order valence-electron chi connectivity index (χ1n) is 14.4. The Labute approximate surface area is 264 Å². The molecule has 8 nitrogen and oxygen atoms in total. The second-order valence-corrected chi connectivity index (χ2v) is 12.5. The van der Waals surface area contributed by atoms with E-state index in [0.29, 0.717) is 34.8 Å². The van der Waals surface area contributed by atoms with Gasteiger partial charge >= 0.3 is 0 Å². The molecule has 0 radical (unpaired) electrons. The summed E-state index contributed by atoms with van der Waals surface area (Å²) in [6.45, 7) is 12.7. The molecule has 2 saturated heterocycles. The van der Waals surface area contributed by atoms with Crippen molar-refractivity contribution in [3.63, 3.8) is 0 Å². The standard InChI is InChI=1S/C33H30ClFN6O2S/c1-20(35)33(42)41-12-11-40(18-22(41)17-37-2)31-26-14-28(34)25(23-7-4-8-30-24(23)9-13-44-30)15-29(26)38-32(27(31)16-36)43-19-21-6-5-10-39(21)3/h4,7-9,13-15,21-22H,1,5-6,10-12,17-19H2,3H3/t21-,22-/m0/s1. The monoisotopic (exact) mass is 628 g/mol. The maximum Gasteiger partial charge on any atom is 0.282 e. The number of anilines is 1. The van der Waals surface area contributed by atoms with Crippen LogP contribution in [0.25, 0.3) is 37.0 Å². The van der Waals surface area contributed by atoms with Crippen molar-refractivity contribution in [2.45, 2.75) is 24.9 Å². The van der Waals surface area contributed by atoms with E-state index in [4.69, 9.17) is 27.9 Å². The molecule has 0 unspecified atom stereocenters. The third-order valence-corrected chi connectivity index (χ3v) is 9.78. The summed E-state index contributed by atoms with van der Waals surface area (Å²) in [6.07, 6.45) is 2.08. The highest BCUT2D eigenvalue weighted by Gasteiger charge is 2.36. The van der Waals surface area contributed by atoms with Gasteiger partial charge in [0.1, 0.15) is 24.3 Å². The first kappa shape index (κ1) is 29.8. The summed E-state index contributed by atoms with van der Waals surface area (Å²) < 4.78 is 21.3. The number of ether oxygens (including phenoxy) is 1. The number of pyridine rings is 1. The van der Waals surface area contributed by atoms with Gasteiger partial charge in [0.2, 0.25) is 12.4 Å². The van der Waals surface area contributed by atoms with Crippen molar-refractivity contribution < 1.29 is 13.9 Å². The van der Waals surface area contributed by atoms with E-state index in [1.807, 2.05) is 34.5 Å². The van der Waals surface area contributed by atoms with Crippen LogP contribution in [0.5, 0.6) is 5.88 Å². The van der Waals surface area contributed by atoms with E-state index in [2.05, 4.69) is 41.6 Å². The summed E-state index contributed by atoms with van der Waals surface area (Å²) in [5.74, 6) is -1.65. The number of carbonyl (C=O) groups is 1. The number of piperazine rings is 1. The predicted octanol–water partition coefficient (Wildman–Crippen LogP) is 6.53. The van der Waals surface area contributed by atoms with Gasteiger partial charge in [0.15, 0.2) is 5.83 Å². The van der Waals surface area contributed by atoms with Crippen LogP contribution in [-0.2, 0) is 4.79 Å². The molecule has 0 N–H and O–H groups in total. The maximum absolute atomic E-state index is 13.9. The van der Waals surface area contributed by atoms with Crippen molar-refractivity contribution >= 4 is 55.5 Å². The van der Waals surface area contributed by atoms with Gasteiger partial charge in [-0.2, -0.15) is 5.26 Å². The topological polar surface area (TPSA) is 77.1 Å². The Kier molecular flexibility index (Phi) is 8.42. The minimum atomic E-state index is -1.06. The highest BCUT2D eigenvalue weighted by Crippen LogP contribution is 2.42. The van der Waals surface area contributed by atoms with Gasteiger partial charge in [-0.15, -0.1) is 11.3 Å². The van der Waals surface area contributed by atoms with E-state index in [0.717, 1.165) is 40.6 Å². The number of amides is 1. The van der Waals surface area contributed by atoms with E-state index in [9.17, 15) is 14.4 Å². The molecule has 2 aromatic heterocycles. The van der Waals surface area contributed by atoms with E-state index in [1.165, 1.54) is 4.90 Å². The van der Waals surface area contributed by atoms with Crippen molar-refractivity contribution in [1.82, 2.24) is 14.8 Å². The van der Waals surface area contributed by atoms with Gasteiger partial charge in [0, 0.05) is 51.7 Å². The Morgan fingerprint density at radius 1 is 1.25 bits per heavy atom. The van der Waals surface area contributed by atoms with Crippen LogP contribution in [0.15, 0.2) is 54.2 Å². The van der Waals surface area contributed by atoms with Crippen molar-refractivity contribution in [1.29, 1.82) is 5.26 Å². The molecule has 224 valence electrons. The Bertz CT molecular complexity index is 1860. The van der Waals surface area contributed by atoms with Crippen LogP contribution in [0.1, 0.15) is 18.4 Å². The van der Waals surface area contributed by atoms with Gasteiger partial charge in [-0.05, 0) is 61.6 Å². The van der Waals surface area contributed by atoms with Gasteiger partial charge in [-0.1, -0.05) is 30.3 Å². The molecule has 6 rings (SSSR count). The summed E-state index contributed by atoms with van der Waals surface area (Å²) in [6, 6.07) is 13.9. The number of aromatic nitrogens is 1. The number of fused-ring (bicyclic) bond motifs is 2. The van der Waals surface area contributed by atoms with Crippen molar-refractivity contribution in [2.75, 3.05) is 51.3 Å². The Balaban J connectivity index is 1.49. The van der Waals surface area contributed by atoms with E-state index < -0.39 is 17.8 Å². The fourth-order valence-corrected chi connectivity index (χ4v) is 7.40. The third-order valence-electron chi connectivity index (χ3n) is 8.59. The van der Waals surface area contributed by atoms with Gasteiger partial charge < -0.3 is 24.3 Å². The van der Waals surface area contributed by atoms with Crippen LogP contribution in [0.4, 0.5) is 10.1 Å². The lowest BCUT2D eigenvalue weighted by molar-refractivity contribution is -0.131. The molecule has 2 fully saturated rings. The second kappa shape index (κ2) is 12.4. The number of hydrogen-bond donors (Lipinski definition) is 0. The number of thiophene rings is 1. The highest BCUT2D eigenvalue weighted by atomic mass is 35.5. The first-order valence-corrected chi connectivity index (χ1v) is 15.7. The number of nitriles is 1. The molecule has 0 saturated carbocycles. The maximum atomic E-state index is 13.9. The largest absolute Gasteiger partial charge is 0.475 e. The van der Waals surface area contributed by atoms with Gasteiger partial charge in [-0.25, -0.2) is 15.9 Å². The molecular formula is C33H30ClFN6O2S. The molecule has 0 bridgehead atoms. The zero-order valence-electron chi connectivity index (χ0n) is 24.2. The summed E-state index contributed by atoms with van der Waals surface area (Å²) in [4.78, 5) is 26.5. The molecule has 4 heterocycles. The van der Waals surface area contributed by atoms with Crippen LogP contribution in [0.2, 0.25) is 5.02 Å². The van der Waals surface area contributed by atoms with Crippen molar-refractivity contribution in [3.05, 3.63) is 76.2 Å². The number of halogens is 2. The molecule has 44 heavy (non-hydrogen) atoms. The predicted molar refractivity (Wildman–Crippen MR) is 173 cm³/mol. The van der Waals surface area contributed by atoms with Gasteiger partial charge in [-0.3, -0.25) is 4.79 Å². The fraction of sp³-hybridized carbons (Fsp3) is 0.333. The third kappa shape index (κ3) is 5.46. The Hall–Kier alpha value is -4.22. The molecule has 0 spiro atoms. The number of carbonyl (C=O) groups excluding carboxylic acids is 1. The van der Waals surface area contributed by atoms with Crippen LogP contribution in [0.3, 0.4) is 0 Å². The lowest BCUT2D eigenvalue weighted by Crippen LogP contribution is -2.56. The molecular weight excluding hydrogens is 599 g/mol. The van der Waals surface area contributed by atoms with Gasteiger partial charge in [0.25, 0.3) is 5.91 Å². The lowest BCUT2D eigenvalue weighted by atomic mass is 9.98. The molecule has 1 amide bonds. The van der Waals surface area contributed by atoms with Crippen LogP contribution >= 0.6 is 22.9 Å². The molecule has 11 heteroatoms. The fourth-order valence-electron chi connectivity index (χ4n) is 6.32. The number of likely N-dealkylation sites (tertiary alicyclic amines) is 1. The highest BCUT2D eigenvalue weighted by molar-refractivity contribution is 7.17. The first-order chi connectivity index (χ1) is 21.3. The minimum absolute atomic E-state index is 0.0205. The van der Waals surface area contributed by atoms with E-state index >= 15 is 0 Å². The number of nitrogens with zero attached hydrogens (tertiary/aromatic N) is 6. The average molecular weight is 629 g/mol. The average Bonchev–Trinajstić information content (AvgIpc) is 3.67. The molecule has 4 aromatic rings. The van der Waals surface area contributed by atoms with Crippen LogP contribution < -0.4 is 9.64 Å². The molecule has 2 aromatic carbocycles. The number of benzene rings is 2. The smallest absolute Gasteiger partial charge is 0.282 e. The lowest BCUT2D eigenvalue weighted by Gasteiger charge is -2.40. The van der Waals surface area contributed by atoms with Crippen LogP contribution in [0, 0.1) is 17.9 Å². The van der Waals surface area contributed by atoms with Crippen LogP contribution in [-0.4, -0.2) is 79.2 Å². The van der Waals surface area contributed by atoms with E-state index in [1.54, 1.807) is 11.3 Å². The second-order valence-electron chi connectivity index (χ2n) is 11.2. The number of rotatable bonds is 7. The SMILES string of the molecule is [C-]#[N+]C[C@H]1CN(c2c(C#N)c(OC[C@@H]3CCCN3C)nc3cc(-c4cccc5sccc45)c(Cl)cc23)CCN1C(=O)C(=C)F. The number of likely N-dealkylation sites (N-methyl/N-ethyl adjacent to an activating group) is 1. The Morgan fingerprint density at radius 3 is 2.82 bits per heavy atom. The molecule has 2 aliphatic rings. The van der Waals surface area contributed by atoms with Crippen molar-refractivity contribution in [2.24, 2.45) is 0 Å². The summed E-state index contributed by atoms with van der Waals surface area (Å²) in [5, 5.41) is 14.8. The normalized spacial score (nSPS) is 18.8.